The van der Waals surface area contributed by atoms with Gasteiger partial charge in [-0.3, -0.25) is 0 Å². The fourth-order valence-electron chi connectivity index (χ4n) is 2.14. The van der Waals surface area contributed by atoms with Gasteiger partial charge in [0, 0.05) is 29.6 Å². The lowest BCUT2D eigenvalue weighted by Gasteiger charge is -2.24. The van der Waals surface area contributed by atoms with Gasteiger partial charge in [0.2, 0.25) is 0 Å². The van der Waals surface area contributed by atoms with Crippen molar-refractivity contribution in [1.82, 2.24) is 9.97 Å². The fourth-order valence-corrected chi connectivity index (χ4v) is 2.14. The topological polar surface area (TPSA) is 61.0 Å². The summed E-state index contributed by atoms with van der Waals surface area (Å²) in [5.74, 6) is 0.924. The standard InChI is InChI=1S/C13H13N3O/c14-10-4-12-11(9-5-15-8-16-6-9)2-1-3-13(12)17-7-10/h1-3,5-6,8,10H,4,7,14H2/t10-/m0/s1. The zero-order chi connectivity index (χ0) is 11.7. The first kappa shape index (κ1) is 10.2. The second kappa shape index (κ2) is 4.14. The molecule has 2 aromatic rings. The van der Waals surface area contributed by atoms with Crippen LogP contribution in [0.2, 0.25) is 0 Å². The lowest BCUT2D eigenvalue weighted by atomic mass is 9.94. The molecule has 17 heavy (non-hydrogen) atoms. The Kier molecular flexibility index (Phi) is 2.49. The van der Waals surface area contributed by atoms with E-state index in [1.807, 2.05) is 24.5 Å². The van der Waals surface area contributed by atoms with Gasteiger partial charge in [0.25, 0.3) is 0 Å². The fraction of sp³-hybridized carbons (Fsp3) is 0.231. The van der Waals surface area contributed by atoms with Crippen molar-refractivity contribution in [2.45, 2.75) is 12.5 Å². The summed E-state index contributed by atoms with van der Waals surface area (Å²) >= 11 is 0. The number of fused-ring (bicyclic) bond motifs is 1. The van der Waals surface area contributed by atoms with Gasteiger partial charge in [-0.25, -0.2) is 9.97 Å². The molecule has 1 aliphatic rings. The van der Waals surface area contributed by atoms with Crippen LogP contribution in [0.5, 0.6) is 5.75 Å². The number of hydrogen-bond donors (Lipinski definition) is 1. The Morgan fingerprint density at radius 1 is 1.24 bits per heavy atom. The van der Waals surface area contributed by atoms with E-state index in [1.165, 1.54) is 6.33 Å². The normalized spacial score (nSPS) is 18.3. The highest BCUT2D eigenvalue weighted by molar-refractivity contribution is 5.69. The van der Waals surface area contributed by atoms with Crippen LogP contribution in [0.15, 0.2) is 36.9 Å². The first-order valence-electron chi connectivity index (χ1n) is 5.60. The molecule has 4 heteroatoms. The Hall–Kier alpha value is -1.94. The Bertz CT molecular complexity index is 527. The maximum Gasteiger partial charge on any atom is 0.123 e. The van der Waals surface area contributed by atoms with E-state index in [9.17, 15) is 0 Å². The average molecular weight is 227 g/mol. The minimum Gasteiger partial charge on any atom is -0.492 e. The summed E-state index contributed by atoms with van der Waals surface area (Å²) in [5.41, 5.74) is 9.21. The average Bonchev–Trinajstić information content (AvgIpc) is 2.39. The number of ether oxygens (including phenoxy) is 1. The van der Waals surface area contributed by atoms with Crippen molar-refractivity contribution >= 4 is 0 Å². The van der Waals surface area contributed by atoms with Gasteiger partial charge < -0.3 is 10.5 Å². The number of hydrogen-bond acceptors (Lipinski definition) is 4. The third-order valence-corrected chi connectivity index (χ3v) is 2.92. The second-order valence-electron chi connectivity index (χ2n) is 4.18. The Labute approximate surface area is 99.5 Å². The molecule has 0 radical (unpaired) electrons. The van der Waals surface area contributed by atoms with Crippen LogP contribution in [0.1, 0.15) is 5.56 Å². The van der Waals surface area contributed by atoms with E-state index in [0.717, 1.165) is 28.9 Å². The van der Waals surface area contributed by atoms with Gasteiger partial charge in [0.1, 0.15) is 18.7 Å². The zero-order valence-corrected chi connectivity index (χ0v) is 9.34. The van der Waals surface area contributed by atoms with Crippen LogP contribution in [-0.4, -0.2) is 22.6 Å². The monoisotopic (exact) mass is 227 g/mol. The maximum absolute atomic E-state index is 5.94. The van der Waals surface area contributed by atoms with Crippen molar-refractivity contribution in [2.24, 2.45) is 5.73 Å². The van der Waals surface area contributed by atoms with Crippen LogP contribution in [0.3, 0.4) is 0 Å². The molecule has 1 aliphatic heterocycles. The van der Waals surface area contributed by atoms with Crippen molar-refractivity contribution in [3.8, 4) is 16.9 Å². The minimum atomic E-state index is 0.0632. The van der Waals surface area contributed by atoms with Crippen molar-refractivity contribution in [1.29, 1.82) is 0 Å². The Morgan fingerprint density at radius 2 is 2.06 bits per heavy atom. The number of nitrogens with zero attached hydrogens (tertiary/aromatic N) is 2. The summed E-state index contributed by atoms with van der Waals surface area (Å²) in [7, 11) is 0. The zero-order valence-electron chi connectivity index (χ0n) is 9.34. The van der Waals surface area contributed by atoms with Gasteiger partial charge >= 0.3 is 0 Å². The van der Waals surface area contributed by atoms with Crippen molar-refractivity contribution in [3.63, 3.8) is 0 Å². The van der Waals surface area contributed by atoms with Crippen molar-refractivity contribution < 1.29 is 4.74 Å². The molecular formula is C13H13N3O. The van der Waals surface area contributed by atoms with Crippen LogP contribution < -0.4 is 10.5 Å². The van der Waals surface area contributed by atoms with Gasteiger partial charge in [0.15, 0.2) is 0 Å². The molecule has 0 aliphatic carbocycles. The van der Waals surface area contributed by atoms with Crippen LogP contribution in [0, 0.1) is 0 Å². The second-order valence-corrected chi connectivity index (χ2v) is 4.18. The summed E-state index contributed by atoms with van der Waals surface area (Å²) in [4.78, 5) is 8.09. The predicted molar refractivity (Wildman–Crippen MR) is 64.6 cm³/mol. The third kappa shape index (κ3) is 1.87. The maximum atomic E-state index is 5.94. The Morgan fingerprint density at radius 3 is 2.88 bits per heavy atom. The highest BCUT2D eigenvalue weighted by Gasteiger charge is 2.20. The predicted octanol–water partition coefficient (Wildman–Crippen LogP) is 1.41. The highest BCUT2D eigenvalue weighted by atomic mass is 16.5. The third-order valence-electron chi connectivity index (χ3n) is 2.92. The quantitative estimate of drug-likeness (QED) is 0.800. The minimum absolute atomic E-state index is 0.0632. The van der Waals surface area contributed by atoms with Gasteiger partial charge in [-0.05, 0) is 18.1 Å². The first-order valence-corrected chi connectivity index (χ1v) is 5.60. The molecule has 1 atom stereocenters. The molecule has 0 saturated carbocycles. The van der Waals surface area contributed by atoms with E-state index in [4.69, 9.17) is 10.5 Å². The van der Waals surface area contributed by atoms with Gasteiger partial charge in [-0.2, -0.15) is 0 Å². The van der Waals surface area contributed by atoms with Gasteiger partial charge in [-0.1, -0.05) is 12.1 Å². The van der Waals surface area contributed by atoms with E-state index < -0.39 is 0 Å². The van der Waals surface area contributed by atoms with E-state index in [2.05, 4.69) is 16.0 Å². The van der Waals surface area contributed by atoms with Crippen LogP contribution >= 0.6 is 0 Å². The summed E-state index contributed by atoms with van der Waals surface area (Å²) in [6.07, 6.45) is 5.98. The number of rotatable bonds is 1. The van der Waals surface area contributed by atoms with Crippen LogP contribution in [0.4, 0.5) is 0 Å². The SMILES string of the molecule is N[C@@H]1COc2cccc(-c3cncnc3)c2C1. The number of benzene rings is 1. The van der Waals surface area contributed by atoms with E-state index in [0.29, 0.717) is 6.61 Å². The summed E-state index contributed by atoms with van der Waals surface area (Å²) in [6, 6.07) is 6.08. The summed E-state index contributed by atoms with van der Waals surface area (Å²) in [5, 5.41) is 0. The lowest BCUT2D eigenvalue weighted by molar-refractivity contribution is 0.264. The van der Waals surface area contributed by atoms with Gasteiger partial charge in [0.05, 0.1) is 0 Å². The molecule has 2 N–H and O–H groups in total. The largest absolute Gasteiger partial charge is 0.492 e. The smallest absolute Gasteiger partial charge is 0.123 e. The molecule has 2 heterocycles. The molecule has 0 bridgehead atoms. The van der Waals surface area contributed by atoms with Crippen LogP contribution in [-0.2, 0) is 6.42 Å². The van der Waals surface area contributed by atoms with Crippen molar-refractivity contribution in [3.05, 3.63) is 42.5 Å². The molecule has 4 nitrogen and oxygen atoms in total. The molecule has 86 valence electrons. The molecular weight excluding hydrogens is 214 g/mol. The summed E-state index contributed by atoms with van der Waals surface area (Å²) < 4.78 is 5.63. The summed E-state index contributed by atoms with van der Waals surface area (Å²) in [6.45, 7) is 0.585. The lowest BCUT2D eigenvalue weighted by Crippen LogP contribution is -2.34. The number of nitrogens with two attached hydrogens (primary N) is 1. The highest BCUT2D eigenvalue weighted by Crippen LogP contribution is 2.33. The first-order chi connectivity index (χ1) is 8.34. The molecule has 0 saturated heterocycles. The molecule has 0 amide bonds. The number of aromatic nitrogens is 2. The van der Waals surface area contributed by atoms with Crippen molar-refractivity contribution in [2.75, 3.05) is 6.61 Å². The molecule has 0 unspecified atom stereocenters. The van der Waals surface area contributed by atoms with E-state index in [-0.39, 0.29) is 6.04 Å². The van der Waals surface area contributed by atoms with Gasteiger partial charge in [-0.15, -0.1) is 0 Å². The molecule has 1 aromatic heterocycles. The molecule has 3 rings (SSSR count). The molecule has 0 fully saturated rings. The van der Waals surface area contributed by atoms with Crippen LogP contribution in [0.25, 0.3) is 11.1 Å². The Balaban J connectivity index is 2.12. The van der Waals surface area contributed by atoms with E-state index >= 15 is 0 Å². The molecule has 0 spiro atoms. The van der Waals surface area contributed by atoms with E-state index in [1.54, 1.807) is 0 Å². The molecule has 1 aromatic carbocycles.